The summed E-state index contributed by atoms with van der Waals surface area (Å²) < 4.78 is 27.0. The zero-order valence-electron chi connectivity index (χ0n) is 17.3. The van der Waals surface area contributed by atoms with Crippen molar-refractivity contribution in [3.63, 3.8) is 0 Å². The summed E-state index contributed by atoms with van der Waals surface area (Å²) in [6, 6.07) is 13.9. The third-order valence-electron chi connectivity index (χ3n) is 5.02. The highest BCUT2D eigenvalue weighted by Gasteiger charge is 2.23. The van der Waals surface area contributed by atoms with Crippen LogP contribution in [-0.2, 0) is 15.5 Å². The largest absolute Gasteiger partial charge is 0.694 e. The van der Waals surface area contributed by atoms with Gasteiger partial charge in [0.2, 0.25) is 0 Å². The van der Waals surface area contributed by atoms with Gasteiger partial charge in [0.15, 0.2) is 0 Å². The Morgan fingerprint density at radius 2 is 2.19 bits per heavy atom. The summed E-state index contributed by atoms with van der Waals surface area (Å²) in [4.78, 5) is 25.2. The molecular formula is C22H22N2O6PS+. The molecule has 0 saturated carbocycles. The maximum atomic E-state index is 12.1. The third-order valence-corrected chi connectivity index (χ3v) is 6.29. The Hall–Kier alpha value is -2.84. The number of rotatable bonds is 8. The van der Waals surface area contributed by atoms with E-state index < -0.39 is 8.25 Å². The van der Waals surface area contributed by atoms with Crippen LogP contribution in [0.4, 0.5) is 0 Å². The zero-order chi connectivity index (χ0) is 22.5. The highest BCUT2D eigenvalue weighted by Crippen LogP contribution is 2.38. The van der Waals surface area contributed by atoms with Gasteiger partial charge in [0.05, 0.1) is 6.20 Å². The number of amides is 1. The van der Waals surface area contributed by atoms with Crippen LogP contribution < -0.4 is 14.8 Å². The summed E-state index contributed by atoms with van der Waals surface area (Å²) >= 11 is 1.11. The van der Waals surface area contributed by atoms with E-state index in [1.165, 1.54) is 17.3 Å². The highest BCUT2D eigenvalue weighted by molar-refractivity contribution is 7.32. The molecule has 1 unspecified atom stereocenters. The van der Waals surface area contributed by atoms with Crippen LogP contribution in [0.2, 0.25) is 0 Å². The average Bonchev–Trinajstić information content (AvgIpc) is 3.25. The van der Waals surface area contributed by atoms with Gasteiger partial charge in [0.25, 0.3) is 11.1 Å². The molecule has 3 aromatic rings. The fourth-order valence-electron chi connectivity index (χ4n) is 3.48. The predicted octanol–water partition coefficient (Wildman–Crippen LogP) is 4.71. The Kier molecular flexibility index (Phi) is 7.12. The minimum Gasteiger partial charge on any atom is -0.485 e. The fourth-order valence-corrected chi connectivity index (χ4v) is 4.43. The van der Waals surface area contributed by atoms with Crippen LogP contribution in [0.15, 0.2) is 48.7 Å². The van der Waals surface area contributed by atoms with Gasteiger partial charge in [0, 0.05) is 11.1 Å². The van der Waals surface area contributed by atoms with Crippen molar-refractivity contribution in [1.29, 1.82) is 0 Å². The molecule has 1 aromatic heterocycles. The number of thiazole rings is 1. The maximum absolute atomic E-state index is 12.1. The van der Waals surface area contributed by atoms with Crippen molar-refractivity contribution in [3.8, 4) is 16.7 Å². The highest BCUT2D eigenvalue weighted by atomic mass is 32.1. The number of ether oxygens (including phenoxy) is 2. The molecule has 1 aliphatic heterocycles. The summed E-state index contributed by atoms with van der Waals surface area (Å²) in [5.41, 5.74) is 3.51. The second kappa shape index (κ2) is 10.2. The molecule has 10 heteroatoms. The van der Waals surface area contributed by atoms with Crippen LogP contribution in [0.25, 0.3) is 0 Å². The Morgan fingerprint density at radius 3 is 3.00 bits per heavy atom. The standard InChI is InChI=1S/C22H21N2O6PS/c1-14-4-2-3-5-17(14)19-8-6-15-12-16(7-9-18(15)30-19)29-22-24-13-20(32-22)21(25)23-10-11-28-31(26)27/h2-5,7,9,12-13,19H,6,8,10-11H2,1H3,(H-,23,25,26,27)/p+1/t19-/m0/s1. The number of carbonyl (C=O) groups is 1. The molecule has 2 atom stereocenters. The number of hydrogen-bond acceptors (Lipinski definition) is 7. The number of benzene rings is 2. The van der Waals surface area contributed by atoms with Crippen LogP contribution >= 0.6 is 19.6 Å². The normalized spacial score (nSPS) is 15.4. The smallest absolute Gasteiger partial charge is 0.485 e. The molecule has 8 nitrogen and oxygen atoms in total. The maximum Gasteiger partial charge on any atom is 0.694 e. The Balaban J connectivity index is 1.36. The van der Waals surface area contributed by atoms with Gasteiger partial charge in [0.1, 0.15) is 29.1 Å². The monoisotopic (exact) mass is 473 g/mol. The van der Waals surface area contributed by atoms with Crippen LogP contribution in [0.3, 0.4) is 0 Å². The van der Waals surface area contributed by atoms with Crippen LogP contribution in [-0.4, -0.2) is 28.9 Å². The molecule has 0 radical (unpaired) electrons. The first-order chi connectivity index (χ1) is 15.5. The Morgan fingerprint density at radius 1 is 1.34 bits per heavy atom. The molecule has 32 heavy (non-hydrogen) atoms. The molecule has 4 rings (SSSR count). The lowest BCUT2D eigenvalue weighted by Gasteiger charge is -2.27. The van der Waals surface area contributed by atoms with Crippen molar-refractivity contribution in [3.05, 3.63) is 70.2 Å². The second-order valence-corrected chi connectivity index (χ2v) is 8.92. The van der Waals surface area contributed by atoms with Crippen LogP contribution in [0.1, 0.15) is 38.9 Å². The third kappa shape index (κ3) is 5.49. The summed E-state index contributed by atoms with van der Waals surface area (Å²) in [6.07, 6.45) is 3.23. The van der Waals surface area contributed by atoms with Gasteiger partial charge in [-0.2, -0.15) is 0 Å². The van der Waals surface area contributed by atoms with E-state index in [9.17, 15) is 9.36 Å². The molecule has 2 N–H and O–H groups in total. The molecule has 1 amide bonds. The van der Waals surface area contributed by atoms with Gasteiger partial charge >= 0.3 is 8.25 Å². The molecule has 2 aromatic carbocycles. The molecule has 166 valence electrons. The number of hydrogen-bond donors (Lipinski definition) is 2. The second-order valence-electron chi connectivity index (χ2n) is 7.19. The van der Waals surface area contributed by atoms with E-state index in [2.05, 4.69) is 33.9 Å². The average molecular weight is 473 g/mol. The quantitative estimate of drug-likeness (QED) is 0.361. The lowest BCUT2D eigenvalue weighted by Crippen LogP contribution is -2.25. The number of nitrogens with zero attached hydrogens (tertiary/aromatic N) is 1. The minimum absolute atomic E-state index is 0.0406. The molecule has 0 spiro atoms. The number of fused-ring (bicyclic) bond motifs is 1. The first-order valence-electron chi connectivity index (χ1n) is 10.1. The molecule has 0 fully saturated rings. The van der Waals surface area contributed by atoms with Crippen LogP contribution in [0.5, 0.6) is 16.7 Å². The minimum atomic E-state index is -2.67. The lowest BCUT2D eigenvalue weighted by atomic mass is 9.95. The van der Waals surface area contributed by atoms with E-state index in [0.29, 0.717) is 15.8 Å². The first-order valence-corrected chi connectivity index (χ1v) is 12.0. The van der Waals surface area contributed by atoms with Crippen molar-refractivity contribution in [2.24, 2.45) is 0 Å². The van der Waals surface area contributed by atoms with E-state index >= 15 is 0 Å². The zero-order valence-corrected chi connectivity index (χ0v) is 19.0. The SMILES string of the molecule is Cc1ccccc1[C@@H]1CCc2cc(Oc3ncc(C(=O)NCCO[P+](=O)O)s3)ccc2O1. The van der Waals surface area contributed by atoms with E-state index in [4.69, 9.17) is 14.4 Å². The molecule has 2 heterocycles. The molecular weight excluding hydrogens is 451 g/mol. The van der Waals surface area contributed by atoms with Gasteiger partial charge in [-0.1, -0.05) is 35.6 Å². The summed E-state index contributed by atoms with van der Waals surface area (Å²) in [7, 11) is -2.67. The Labute approximate surface area is 190 Å². The van der Waals surface area contributed by atoms with Crippen molar-refractivity contribution in [2.75, 3.05) is 13.2 Å². The van der Waals surface area contributed by atoms with E-state index in [1.54, 1.807) is 0 Å². The van der Waals surface area contributed by atoms with Gasteiger partial charge < -0.3 is 14.8 Å². The number of aromatic nitrogens is 1. The first kappa shape index (κ1) is 22.4. The van der Waals surface area contributed by atoms with Gasteiger partial charge in [-0.05, 0) is 54.7 Å². The lowest BCUT2D eigenvalue weighted by molar-refractivity contribution is 0.0950. The van der Waals surface area contributed by atoms with E-state index in [-0.39, 0.29) is 25.2 Å². The predicted molar refractivity (Wildman–Crippen MR) is 120 cm³/mol. The van der Waals surface area contributed by atoms with Crippen LogP contribution in [0, 0.1) is 6.92 Å². The van der Waals surface area contributed by atoms with Gasteiger partial charge in [-0.25, -0.2) is 4.98 Å². The van der Waals surface area contributed by atoms with E-state index in [1.807, 2.05) is 30.3 Å². The topological polar surface area (TPSA) is 107 Å². The summed E-state index contributed by atoms with van der Waals surface area (Å²) in [5.74, 6) is 1.13. The van der Waals surface area contributed by atoms with Gasteiger partial charge in [-0.15, -0.1) is 9.42 Å². The molecule has 1 aliphatic rings. The number of carbonyl (C=O) groups excluding carboxylic acids is 1. The van der Waals surface area contributed by atoms with Crippen molar-refractivity contribution in [2.45, 2.75) is 25.9 Å². The van der Waals surface area contributed by atoms with Gasteiger partial charge in [-0.3, -0.25) is 4.79 Å². The fraction of sp³-hybridized carbons (Fsp3) is 0.273. The Bertz CT molecular complexity index is 1140. The molecule has 0 bridgehead atoms. The molecule has 0 aliphatic carbocycles. The van der Waals surface area contributed by atoms with Crippen molar-refractivity contribution in [1.82, 2.24) is 10.3 Å². The molecule has 0 saturated heterocycles. The summed E-state index contributed by atoms with van der Waals surface area (Å²) in [5, 5.41) is 2.94. The van der Waals surface area contributed by atoms with E-state index in [0.717, 1.165) is 35.5 Å². The van der Waals surface area contributed by atoms with Crippen molar-refractivity contribution >= 4 is 25.5 Å². The van der Waals surface area contributed by atoms with Crippen molar-refractivity contribution < 1.29 is 28.3 Å². The number of aryl methyl sites for hydroxylation is 2. The number of nitrogens with one attached hydrogen (secondary N) is 1. The summed E-state index contributed by atoms with van der Waals surface area (Å²) in [6.45, 7) is 2.16.